The van der Waals surface area contributed by atoms with Crippen molar-refractivity contribution in [1.29, 1.82) is 0 Å². The number of hydrogen-bond acceptors (Lipinski definition) is 3. The average Bonchev–Trinajstić information content (AvgIpc) is 2.84. The monoisotopic (exact) mass is 510 g/mol. The summed E-state index contributed by atoms with van der Waals surface area (Å²) in [5.74, 6) is 0.294. The highest BCUT2D eigenvalue weighted by Gasteiger charge is 2.36. The Kier molecular flexibility index (Phi) is 10.6. The number of Topliss-reactive ketones (excluding diaryl/α,β-unsaturated/α-hetero) is 1. The first kappa shape index (κ1) is 28.4. The molecular formula is C31H43ClN2O2. The molecule has 2 aromatic rings. The lowest BCUT2D eigenvalue weighted by atomic mass is 9.74. The van der Waals surface area contributed by atoms with Crippen LogP contribution < -0.4 is 10.6 Å². The highest BCUT2D eigenvalue weighted by atomic mass is 35.5. The second kappa shape index (κ2) is 13.4. The van der Waals surface area contributed by atoms with Crippen LogP contribution in [-0.4, -0.2) is 23.8 Å². The molecule has 0 bridgehead atoms. The fourth-order valence-electron chi connectivity index (χ4n) is 6.07. The third kappa shape index (κ3) is 6.77. The van der Waals surface area contributed by atoms with E-state index in [0.717, 1.165) is 48.1 Å². The van der Waals surface area contributed by atoms with Crippen LogP contribution >= 0.6 is 12.4 Å². The van der Waals surface area contributed by atoms with Gasteiger partial charge in [-0.3, -0.25) is 9.59 Å². The normalized spacial score (nSPS) is 18.5. The highest BCUT2D eigenvalue weighted by molar-refractivity contribution is 6.06. The lowest BCUT2D eigenvalue weighted by Gasteiger charge is -2.34. The molecule has 2 aliphatic rings. The molecule has 5 heteroatoms. The molecule has 1 amide bonds. The first-order valence-corrected chi connectivity index (χ1v) is 13.8. The van der Waals surface area contributed by atoms with Crippen LogP contribution in [0.4, 0.5) is 5.69 Å². The van der Waals surface area contributed by atoms with Crippen molar-refractivity contribution >= 4 is 29.8 Å². The topological polar surface area (TPSA) is 58.2 Å². The predicted octanol–water partition coefficient (Wildman–Crippen LogP) is 7.00. The minimum atomic E-state index is -0.0237. The molecular weight excluding hydrogens is 468 g/mol. The molecule has 0 saturated carbocycles. The van der Waals surface area contributed by atoms with Crippen molar-refractivity contribution in [2.24, 2.45) is 5.92 Å². The largest absolute Gasteiger partial charge is 0.326 e. The highest BCUT2D eigenvalue weighted by Crippen LogP contribution is 2.38. The zero-order valence-corrected chi connectivity index (χ0v) is 23.0. The van der Waals surface area contributed by atoms with Crippen molar-refractivity contribution in [3.8, 4) is 0 Å². The number of benzene rings is 2. The van der Waals surface area contributed by atoms with E-state index in [1.807, 2.05) is 0 Å². The van der Waals surface area contributed by atoms with Crippen LogP contribution in [0.5, 0.6) is 0 Å². The Labute approximate surface area is 223 Å². The summed E-state index contributed by atoms with van der Waals surface area (Å²) >= 11 is 0. The molecule has 36 heavy (non-hydrogen) atoms. The Bertz CT molecular complexity index is 1040. The molecule has 1 aliphatic carbocycles. The van der Waals surface area contributed by atoms with Crippen LogP contribution in [0.1, 0.15) is 97.8 Å². The SMILES string of the molecule is CCCCCCCC(Cc1ccccc1)NC(C)C1CCc2c(C)cc3c(c2C1=O)CCC(=O)N3.Cl. The number of aryl methyl sites for hydroxylation is 1. The number of carbonyl (C=O) groups is 2. The van der Waals surface area contributed by atoms with Crippen LogP contribution in [-0.2, 0) is 24.1 Å². The maximum atomic E-state index is 13.9. The molecule has 0 radical (unpaired) electrons. The van der Waals surface area contributed by atoms with Gasteiger partial charge in [0.05, 0.1) is 0 Å². The molecule has 2 aromatic carbocycles. The fourth-order valence-corrected chi connectivity index (χ4v) is 6.07. The number of carbonyl (C=O) groups excluding carboxylic acids is 2. The third-order valence-electron chi connectivity index (χ3n) is 8.01. The minimum absolute atomic E-state index is 0. The van der Waals surface area contributed by atoms with Crippen molar-refractivity contribution in [2.75, 3.05) is 5.32 Å². The number of halogens is 1. The Morgan fingerprint density at radius 1 is 1.00 bits per heavy atom. The summed E-state index contributed by atoms with van der Waals surface area (Å²) in [6.45, 7) is 6.53. The summed E-state index contributed by atoms with van der Waals surface area (Å²) in [7, 11) is 0. The molecule has 3 unspecified atom stereocenters. The second-order valence-electron chi connectivity index (χ2n) is 10.7. The van der Waals surface area contributed by atoms with E-state index in [4.69, 9.17) is 0 Å². The molecule has 4 rings (SSSR count). The smallest absolute Gasteiger partial charge is 0.224 e. The summed E-state index contributed by atoms with van der Waals surface area (Å²) in [4.78, 5) is 25.9. The van der Waals surface area contributed by atoms with Crippen molar-refractivity contribution in [1.82, 2.24) is 5.32 Å². The van der Waals surface area contributed by atoms with Crippen molar-refractivity contribution in [3.05, 3.63) is 64.2 Å². The second-order valence-corrected chi connectivity index (χ2v) is 10.7. The molecule has 1 aliphatic heterocycles. The van der Waals surface area contributed by atoms with E-state index in [2.05, 4.69) is 67.8 Å². The maximum absolute atomic E-state index is 13.9. The Balaban J connectivity index is 0.00000361. The molecule has 0 saturated heterocycles. The molecule has 196 valence electrons. The third-order valence-corrected chi connectivity index (χ3v) is 8.01. The van der Waals surface area contributed by atoms with Crippen LogP contribution in [0.15, 0.2) is 36.4 Å². The van der Waals surface area contributed by atoms with Gasteiger partial charge in [0.2, 0.25) is 5.91 Å². The van der Waals surface area contributed by atoms with Gasteiger partial charge in [0.25, 0.3) is 0 Å². The van der Waals surface area contributed by atoms with E-state index >= 15 is 0 Å². The van der Waals surface area contributed by atoms with Gasteiger partial charge in [0.1, 0.15) is 0 Å². The van der Waals surface area contributed by atoms with E-state index in [0.29, 0.717) is 18.9 Å². The number of nitrogens with one attached hydrogen (secondary N) is 2. The van der Waals surface area contributed by atoms with E-state index in [9.17, 15) is 9.59 Å². The summed E-state index contributed by atoms with van der Waals surface area (Å²) in [6, 6.07) is 13.3. The van der Waals surface area contributed by atoms with E-state index in [-0.39, 0.29) is 36.1 Å². The van der Waals surface area contributed by atoms with Crippen molar-refractivity contribution in [2.45, 2.75) is 103 Å². The number of rotatable bonds is 11. The quantitative estimate of drug-likeness (QED) is 0.320. The van der Waals surface area contributed by atoms with Gasteiger partial charge in [-0.05, 0) is 74.3 Å². The molecule has 4 nitrogen and oxygen atoms in total. The first-order chi connectivity index (χ1) is 17.0. The predicted molar refractivity (Wildman–Crippen MR) is 151 cm³/mol. The lowest BCUT2D eigenvalue weighted by molar-refractivity contribution is -0.116. The van der Waals surface area contributed by atoms with Gasteiger partial charge in [-0.1, -0.05) is 69.4 Å². The number of anilines is 1. The molecule has 0 fully saturated rings. The summed E-state index contributed by atoms with van der Waals surface area (Å²) < 4.78 is 0. The van der Waals surface area contributed by atoms with Crippen LogP contribution in [0, 0.1) is 12.8 Å². The van der Waals surface area contributed by atoms with Gasteiger partial charge in [-0.2, -0.15) is 0 Å². The number of unbranched alkanes of at least 4 members (excludes halogenated alkanes) is 4. The van der Waals surface area contributed by atoms with Gasteiger partial charge < -0.3 is 10.6 Å². The van der Waals surface area contributed by atoms with Gasteiger partial charge in [0, 0.05) is 35.7 Å². The molecule has 0 spiro atoms. The van der Waals surface area contributed by atoms with Crippen molar-refractivity contribution < 1.29 is 9.59 Å². The van der Waals surface area contributed by atoms with E-state index < -0.39 is 0 Å². The van der Waals surface area contributed by atoms with Gasteiger partial charge in [-0.25, -0.2) is 0 Å². The van der Waals surface area contributed by atoms with Crippen LogP contribution in [0.3, 0.4) is 0 Å². The summed E-state index contributed by atoms with van der Waals surface area (Å²) in [6.07, 6.45) is 11.5. The zero-order chi connectivity index (χ0) is 24.8. The lowest BCUT2D eigenvalue weighted by Crippen LogP contribution is -2.46. The standard InChI is InChI=1S/C31H42N2O2.ClH/c1-4-5-6-7-11-14-24(20-23-12-9-8-10-13-23)32-22(3)26-16-15-25-21(2)19-28-27(30(25)31(26)35)17-18-29(34)33-28;/h8-10,12-13,19,22,24,26,32H,4-7,11,14-18,20H2,1-3H3,(H,33,34);1H. The molecule has 2 N–H and O–H groups in total. The van der Waals surface area contributed by atoms with Gasteiger partial charge in [-0.15, -0.1) is 12.4 Å². The van der Waals surface area contributed by atoms with E-state index in [1.165, 1.54) is 43.2 Å². The maximum Gasteiger partial charge on any atom is 0.224 e. The van der Waals surface area contributed by atoms with Gasteiger partial charge in [0.15, 0.2) is 5.78 Å². The Hall–Kier alpha value is -2.17. The van der Waals surface area contributed by atoms with Gasteiger partial charge >= 0.3 is 0 Å². The van der Waals surface area contributed by atoms with E-state index in [1.54, 1.807) is 0 Å². The average molecular weight is 511 g/mol. The first-order valence-electron chi connectivity index (χ1n) is 13.8. The van der Waals surface area contributed by atoms with Crippen molar-refractivity contribution in [3.63, 3.8) is 0 Å². The number of ketones is 1. The Morgan fingerprint density at radius 3 is 2.50 bits per heavy atom. The zero-order valence-electron chi connectivity index (χ0n) is 22.2. The Morgan fingerprint density at radius 2 is 1.75 bits per heavy atom. The molecule has 1 heterocycles. The minimum Gasteiger partial charge on any atom is -0.326 e. The summed E-state index contributed by atoms with van der Waals surface area (Å²) in [5.41, 5.74) is 6.49. The number of hydrogen-bond donors (Lipinski definition) is 2. The number of amides is 1. The fraction of sp³-hybridized carbons (Fsp3) is 0.548. The number of fused-ring (bicyclic) bond motifs is 3. The summed E-state index contributed by atoms with van der Waals surface area (Å²) in [5, 5.41) is 6.90. The molecule has 3 atom stereocenters. The van der Waals surface area contributed by atoms with Crippen LogP contribution in [0.2, 0.25) is 0 Å². The van der Waals surface area contributed by atoms with Crippen LogP contribution in [0.25, 0.3) is 0 Å². The molecule has 0 aromatic heterocycles.